The van der Waals surface area contributed by atoms with Crippen molar-refractivity contribution in [1.29, 1.82) is 0 Å². The molecule has 0 radical (unpaired) electrons. The van der Waals surface area contributed by atoms with Crippen LogP contribution < -0.4 is 9.47 Å². The molecule has 0 amide bonds. The van der Waals surface area contributed by atoms with Gasteiger partial charge in [-0.3, -0.25) is 4.90 Å². The Morgan fingerprint density at radius 2 is 1.94 bits per heavy atom. The van der Waals surface area contributed by atoms with Crippen molar-refractivity contribution in [3.8, 4) is 28.4 Å². The first-order valence-electron chi connectivity index (χ1n) is 11.3. The molecule has 6 heteroatoms. The molecule has 2 aromatic rings. The van der Waals surface area contributed by atoms with Gasteiger partial charge < -0.3 is 19.3 Å². The van der Waals surface area contributed by atoms with Crippen molar-refractivity contribution in [3.63, 3.8) is 0 Å². The first kappa shape index (κ1) is 20.9. The number of phenols is 1. The summed E-state index contributed by atoms with van der Waals surface area (Å²) in [6.45, 7) is 1.01. The summed E-state index contributed by atoms with van der Waals surface area (Å²) in [5, 5.41) is 10.9. The molecule has 0 unspecified atom stereocenters. The zero-order valence-corrected chi connectivity index (χ0v) is 18.5. The lowest BCUT2D eigenvalue weighted by molar-refractivity contribution is -0.148. The van der Waals surface area contributed by atoms with E-state index in [1.54, 1.807) is 32.4 Å². The maximum absolute atomic E-state index is 12.5. The number of carbonyl (C=O) groups is 1. The molecule has 2 fully saturated rings. The molecule has 2 aromatic carbocycles. The summed E-state index contributed by atoms with van der Waals surface area (Å²) in [6.07, 6.45) is 8.07. The normalized spacial score (nSPS) is 25.9. The van der Waals surface area contributed by atoms with Crippen LogP contribution in [0.4, 0.5) is 0 Å². The Balaban J connectivity index is 1.78. The van der Waals surface area contributed by atoms with Gasteiger partial charge in [0.15, 0.2) is 11.5 Å². The molecule has 0 aliphatic carbocycles. The lowest BCUT2D eigenvalue weighted by atomic mass is 9.81. The highest BCUT2D eigenvalue weighted by Crippen LogP contribution is 2.50. The molecule has 0 saturated carbocycles. The van der Waals surface area contributed by atoms with E-state index in [0.29, 0.717) is 29.5 Å². The standard InChI is InChI=1S/C26H29NO5/c1-30-23-10-8-19-21-15-18(14-17-5-3-4-12-27(17)21)32-24(29)11-7-16-6-9-22(28)20(13-16)25(19)26(23)31-2/h6-11,13,17-18,21,28H,3-5,12,14-15H2,1-2H3/b11-7-/t17-,18-,21-/m0/s1. The number of phenolic OH excluding ortho intramolecular Hbond substituents is 1. The van der Waals surface area contributed by atoms with Gasteiger partial charge in [0.2, 0.25) is 0 Å². The first-order chi connectivity index (χ1) is 15.6. The fourth-order valence-electron chi connectivity index (χ4n) is 5.60. The highest BCUT2D eigenvalue weighted by Gasteiger charge is 2.40. The highest BCUT2D eigenvalue weighted by atomic mass is 16.5. The number of esters is 1. The minimum absolute atomic E-state index is 0.0492. The van der Waals surface area contributed by atoms with Gasteiger partial charge in [0.25, 0.3) is 0 Å². The van der Waals surface area contributed by atoms with E-state index in [2.05, 4.69) is 11.0 Å². The van der Waals surface area contributed by atoms with Crippen molar-refractivity contribution in [2.45, 2.75) is 50.3 Å². The summed E-state index contributed by atoms with van der Waals surface area (Å²) in [4.78, 5) is 15.1. The number of carbonyl (C=O) groups excluding carboxylic acids is 1. The number of hydrogen-bond acceptors (Lipinski definition) is 6. The van der Waals surface area contributed by atoms with E-state index in [-0.39, 0.29) is 23.9 Å². The van der Waals surface area contributed by atoms with Gasteiger partial charge in [0.05, 0.1) is 14.2 Å². The molecule has 0 aromatic heterocycles. The van der Waals surface area contributed by atoms with Gasteiger partial charge in [-0.25, -0.2) is 4.79 Å². The summed E-state index contributed by atoms with van der Waals surface area (Å²) in [6, 6.07) is 9.74. The van der Waals surface area contributed by atoms with Crippen molar-refractivity contribution in [2.24, 2.45) is 0 Å². The van der Waals surface area contributed by atoms with Gasteiger partial charge in [0.1, 0.15) is 11.9 Å². The fourth-order valence-corrected chi connectivity index (χ4v) is 5.60. The molecule has 168 valence electrons. The Morgan fingerprint density at radius 3 is 2.75 bits per heavy atom. The lowest BCUT2D eigenvalue weighted by Gasteiger charge is -2.48. The largest absolute Gasteiger partial charge is 0.507 e. The van der Waals surface area contributed by atoms with E-state index >= 15 is 0 Å². The number of nitrogens with zero attached hydrogens (tertiary/aromatic N) is 1. The van der Waals surface area contributed by atoms with Crippen molar-refractivity contribution in [1.82, 2.24) is 4.90 Å². The van der Waals surface area contributed by atoms with Gasteiger partial charge in [-0.2, -0.15) is 0 Å². The summed E-state index contributed by atoms with van der Waals surface area (Å²) in [5.41, 5.74) is 3.36. The second kappa shape index (κ2) is 8.51. The molecule has 0 spiro atoms. The fraction of sp³-hybridized carbons (Fsp3) is 0.423. The molecule has 6 nitrogen and oxygen atoms in total. The highest BCUT2D eigenvalue weighted by molar-refractivity contribution is 5.89. The molecule has 3 aliphatic rings. The molecule has 1 N–H and O–H groups in total. The number of piperidine rings is 2. The molecule has 32 heavy (non-hydrogen) atoms. The van der Waals surface area contributed by atoms with Crippen LogP contribution in [0, 0.1) is 0 Å². The second-order valence-electron chi connectivity index (χ2n) is 8.81. The molecular formula is C26H29NO5. The van der Waals surface area contributed by atoms with Crippen molar-refractivity contribution >= 4 is 12.0 Å². The molecule has 4 bridgehead atoms. The zero-order valence-electron chi connectivity index (χ0n) is 18.5. The molecular weight excluding hydrogens is 406 g/mol. The van der Waals surface area contributed by atoms with Crippen molar-refractivity contribution in [2.75, 3.05) is 20.8 Å². The number of aromatic hydroxyl groups is 1. The summed E-state index contributed by atoms with van der Waals surface area (Å²) >= 11 is 0. The topological polar surface area (TPSA) is 68.2 Å². The van der Waals surface area contributed by atoms with Crippen LogP contribution in [0.5, 0.6) is 17.2 Å². The van der Waals surface area contributed by atoms with E-state index in [1.165, 1.54) is 12.5 Å². The van der Waals surface area contributed by atoms with Crippen LogP contribution in [-0.4, -0.2) is 48.9 Å². The smallest absolute Gasteiger partial charge is 0.331 e. The Kier molecular flexibility index (Phi) is 5.55. The summed E-state index contributed by atoms with van der Waals surface area (Å²) in [7, 11) is 3.25. The third kappa shape index (κ3) is 3.62. The molecule has 3 atom stereocenters. The molecule has 5 rings (SSSR count). The Labute approximate surface area is 188 Å². The van der Waals surface area contributed by atoms with E-state index in [0.717, 1.165) is 42.5 Å². The van der Waals surface area contributed by atoms with E-state index < -0.39 is 0 Å². The Hall–Kier alpha value is -2.99. The average molecular weight is 436 g/mol. The van der Waals surface area contributed by atoms with Crippen LogP contribution in [-0.2, 0) is 9.53 Å². The van der Waals surface area contributed by atoms with E-state index in [1.807, 2.05) is 12.1 Å². The van der Waals surface area contributed by atoms with Gasteiger partial charge in [-0.15, -0.1) is 0 Å². The second-order valence-corrected chi connectivity index (χ2v) is 8.81. The van der Waals surface area contributed by atoms with Crippen molar-refractivity contribution in [3.05, 3.63) is 47.5 Å². The summed E-state index contributed by atoms with van der Waals surface area (Å²) < 4.78 is 17.3. The monoisotopic (exact) mass is 435 g/mol. The number of rotatable bonds is 2. The number of benzene rings is 2. The summed E-state index contributed by atoms with van der Waals surface area (Å²) in [5.74, 6) is 1.07. The maximum atomic E-state index is 12.5. The zero-order chi connectivity index (χ0) is 22.2. The SMILES string of the molecule is COc1ccc2c(c1OC)-c1cc(ccc1O)/C=C\C(=O)O[C@H]1C[C@@H]3CCCCN3[C@H]2C1. The average Bonchev–Trinajstić information content (AvgIpc) is 2.81. The van der Waals surface area contributed by atoms with Crippen LogP contribution >= 0.6 is 0 Å². The number of fused-ring (bicyclic) bond motifs is 9. The Bertz CT molecular complexity index is 1060. The van der Waals surface area contributed by atoms with Gasteiger partial charge in [-0.05, 0) is 54.8 Å². The van der Waals surface area contributed by atoms with Gasteiger partial charge in [-0.1, -0.05) is 18.6 Å². The molecule has 3 heterocycles. The third-order valence-electron chi connectivity index (χ3n) is 7.02. The van der Waals surface area contributed by atoms with Gasteiger partial charge in [0, 0.05) is 42.1 Å². The Morgan fingerprint density at radius 1 is 1.06 bits per heavy atom. The van der Waals surface area contributed by atoms with E-state index in [4.69, 9.17) is 14.2 Å². The number of methoxy groups -OCH3 is 2. The lowest BCUT2D eigenvalue weighted by Crippen LogP contribution is -2.49. The number of hydrogen-bond donors (Lipinski definition) is 1. The van der Waals surface area contributed by atoms with Crippen LogP contribution in [0.15, 0.2) is 36.4 Å². The molecule has 2 saturated heterocycles. The minimum Gasteiger partial charge on any atom is -0.507 e. The predicted molar refractivity (Wildman–Crippen MR) is 122 cm³/mol. The minimum atomic E-state index is -0.319. The van der Waals surface area contributed by atoms with Crippen LogP contribution in [0.3, 0.4) is 0 Å². The molecule has 3 aliphatic heterocycles. The van der Waals surface area contributed by atoms with Crippen LogP contribution in [0.25, 0.3) is 17.2 Å². The van der Waals surface area contributed by atoms with Crippen LogP contribution in [0.2, 0.25) is 0 Å². The van der Waals surface area contributed by atoms with Gasteiger partial charge >= 0.3 is 5.97 Å². The first-order valence-corrected chi connectivity index (χ1v) is 11.3. The van der Waals surface area contributed by atoms with Crippen molar-refractivity contribution < 1.29 is 24.1 Å². The van der Waals surface area contributed by atoms with Crippen LogP contribution in [0.1, 0.15) is 49.3 Å². The number of ether oxygens (including phenoxy) is 3. The predicted octanol–water partition coefficient (Wildman–Crippen LogP) is 4.70. The quantitative estimate of drug-likeness (QED) is 0.690. The maximum Gasteiger partial charge on any atom is 0.331 e. The van der Waals surface area contributed by atoms with E-state index in [9.17, 15) is 9.90 Å². The third-order valence-corrected chi connectivity index (χ3v) is 7.02.